The van der Waals surface area contributed by atoms with Crippen LogP contribution in [0.5, 0.6) is 0 Å². The van der Waals surface area contributed by atoms with Gasteiger partial charge in [0.1, 0.15) is 5.69 Å². The van der Waals surface area contributed by atoms with Crippen LogP contribution in [0.1, 0.15) is 41.4 Å². The number of piperidine rings is 1. The molecule has 2 fully saturated rings. The van der Waals surface area contributed by atoms with Gasteiger partial charge in [0.25, 0.3) is 5.91 Å². The summed E-state index contributed by atoms with van der Waals surface area (Å²) in [6.45, 7) is 3.79. The second-order valence-electron chi connectivity index (χ2n) is 8.63. The van der Waals surface area contributed by atoms with Gasteiger partial charge in [0.15, 0.2) is 0 Å². The molecule has 2 saturated heterocycles. The molecule has 0 bridgehead atoms. The lowest BCUT2D eigenvalue weighted by Crippen LogP contribution is -2.44. The van der Waals surface area contributed by atoms with Crippen LogP contribution in [0.3, 0.4) is 0 Å². The van der Waals surface area contributed by atoms with Gasteiger partial charge in [-0.3, -0.25) is 9.69 Å². The average Bonchev–Trinajstić information content (AvgIpc) is 3.46. The van der Waals surface area contributed by atoms with E-state index in [1.807, 2.05) is 12.1 Å². The number of hydrogen-bond donors (Lipinski definition) is 2. The van der Waals surface area contributed by atoms with Crippen LogP contribution in [0, 0.1) is 5.95 Å². The topological polar surface area (TPSA) is 85.7 Å². The van der Waals surface area contributed by atoms with Gasteiger partial charge in [-0.25, -0.2) is 14.2 Å². The number of rotatable bonds is 4. The normalized spacial score (nSPS) is 20.2. The smallest absolute Gasteiger partial charge is 0.332 e. The summed E-state index contributed by atoms with van der Waals surface area (Å²) in [6, 6.07) is 9.10. The third-order valence-electron chi connectivity index (χ3n) is 6.83. The van der Waals surface area contributed by atoms with Crippen molar-refractivity contribution >= 4 is 17.1 Å². The van der Waals surface area contributed by atoms with E-state index < -0.39 is 11.6 Å². The van der Waals surface area contributed by atoms with Gasteiger partial charge in [-0.1, -0.05) is 0 Å². The fraction of sp³-hybridized carbons (Fsp3) is 0.435. The third kappa shape index (κ3) is 3.77. The Hall–Kier alpha value is -3.20. The first-order valence-electron chi connectivity index (χ1n) is 11.1. The van der Waals surface area contributed by atoms with E-state index in [0.717, 1.165) is 61.2 Å². The maximum absolute atomic E-state index is 13.8. The summed E-state index contributed by atoms with van der Waals surface area (Å²) in [5.74, 6) is -0.460. The number of hydrogen-bond acceptors (Lipinski definition) is 5. The van der Waals surface area contributed by atoms with E-state index >= 15 is 0 Å². The van der Waals surface area contributed by atoms with E-state index in [2.05, 4.69) is 25.1 Å². The van der Waals surface area contributed by atoms with Crippen LogP contribution in [0.25, 0.3) is 5.52 Å². The molecule has 32 heavy (non-hydrogen) atoms. The Morgan fingerprint density at radius 2 is 1.97 bits per heavy atom. The van der Waals surface area contributed by atoms with E-state index in [4.69, 9.17) is 0 Å². The number of anilines is 1. The van der Waals surface area contributed by atoms with Crippen molar-refractivity contribution < 1.29 is 9.18 Å². The van der Waals surface area contributed by atoms with E-state index in [0.29, 0.717) is 17.3 Å². The second kappa shape index (κ2) is 8.38. The van der Waals surface area contributed by atoms with Gasteiger partial charge in [0.05, 0.1) is 17.4 Å². The maximum atomic E-state index is 13.8. The number of amides is 1. The Bertz CT molecular complexity index is 1180. The highest BCUT2D eigenvalue weighted by Gasteiger charge is 2.32. The monoisotopic (exact) mass is 438 g/mol. The van der Waals surface area contributed by atoms with Gasteiger partial charge >= 0.3 is 5.69 Å². The number of carbonyl (C=O) groups is 1. The fourth-order valence-corrected chi connectivity index (χ4v) is 5.05. The quantitative estimate of drug-likeness (QED) is 0.651. The number of nitrogens with zero attached hydrogens (tertiary/aromatic N) is 4. The molecule has 0 spiro atoms. The van der Waals surface area contributed by atoms with Gasteiger partial charge in [-0.2, -0.15) is 4.39 Å². The Kier molecular flexibility index (Phi) is 5.42. The number of H-pyrrole nitrogens is 1. The molecule has 5 heterocycles. The van der Waals surface area contributed by atoms with Crippen molar-refractivity contribution in [2.24, 2.45) is 0 Å². The van der Waals surface area contributed by atoms with E-state index in [1.165, 1.54) is 6.07 Å². The predicted octanol–water partition coefficient (Wildman–Crippen LogP) is 1.98. The number of fused-ring (bicyclic) bond motifs is 1. The van der Waals surface area contributed by atoms with Crippen molar-refractivity contribution in [1.82, 2.24) is 24.6 Å². The van der Waals surface area contributed by atoms with E-state index in [1.54, 1.807) is 25.4 Å². The number of likely N-dealkylation sites (tertiary alicyclic amines) is 1. The second-order valence-corrected chi connectivity index (χ2v) is 8.63. The van der Waals surface area contributed by atoms with Crippen molar-refractivity contribution in [3.05, 3.63) is 64.3 Å². The Morgan fingerprint density at radius 1 is 1.16 bits per heavy atom. The number of carbonyl (C=O) groups excluding carboxylic acids is 1. The highest BCUT2D eigenvalue weighted by atomic mass is 19.1. The molecule has 8 nitrogen and oxygen atoms in total. The highest BCUT2D eigenvalue weighted by Crippen LogP contribution is 2.31. The van der Waals surface area contributed by atoms with Gasteiger partial charge in [-0.05, 0) is 56.1 Å². The molecule has 2 N–H and O–H groups in total. The molecule has 0 aliphatic carbocycles. The maximum Gasteiger partial charge on any atom is 0.332 e. The van der Waals surface area contributed by atoms with Gasteiger partial charge in [0.2, 0.25) is 5.95 Å². The molecule has 3 aromatic rings. The minimum atomic E-state index is -0.536. The summed E-state index contributed by atoms with van der Waals surface area (Å²) in [6.07, 6.45) is 4.88. The largest absolute Gasteiger partial charge is 0.370 e. The summed E-state index contributed by atoms with van der Waals surface area (Å²) >= 11 is 0. The molecule has 0 radical (unpaired) electrons. The van der Waals surface area contributed by atoms with Crippen molar-refractivity contribution in [3.8, 4) is 0 Å². The van der Waals surface area contributed by atoms with Crippen LogP contribution in [0.15, 0.2) is 41.3 Å². The lowest BCUT2D eigenvalue weighted by Gasteiger charge is -2.37. The first-order chi connectivity index (χ1) is 15.5. The summed E-state index contributed by atoms with van der Waals surface area (Å²) in [5.41, 5.74) is 2.55. The number of aromatic nitrogens is 3. The first kappa shape index (κ1) is 20.7. The zero-order valence-corrected chi connectivity index (χ0v) is 18.1. The molecule has 0 aromatic carbocycles. The molecule has 1 amide bonds. The zero-order chi connectivity index (χ0) is 22.2. The fourth-order valence-electron chi connectivity index (χ4n) is 5.05. The lowest BCUT2D eigenvalue weighted by molar-refractivity contribution is 0.0958. The van der Waals surface area contributed by atoms with Gasteiger partial charge in [0, 0.05) is 44.3 Å². The summed E-state index contributed by atoms with van der Waals surface area (Å²) in [5, 5.41) is 2.59. The van der Waals surface area contributed by atoms with E-state index in [-0.39, 0.29) is 11.8 Å². The molecular formula is C23H27FN6O2. The van der Waals surface area contributed by atoms with Crippen LogP contribution < -0.4 is 15.9 Å². The Balaban J connectivity index is 1.20. The zero-order valence-electron chi connectivity index (χ0n) is 18.1. The Morgan fingerprint density at radius 3 is 2.69 bits per heavy atom. The van der Waals surface area contributed by atoms with Crippen LogP contribution in [-0.2, 0) is 0 Å². The lowest BCUT2D eigenvalue weighted by atomic mass is 10.0. The van der Waals surface area contributed by atoms with Crippen molar-refractivity contribution in [2.75, 3.05) is 38.1 Å². The van der Waals surface area contributed by atoms with Crippen LogP contribution in [-0.4, -0.2) is 64.4 Å². The van der Waals surface area contributed by atoms with E-state index in [9.17, 15) is 14.0 Å². The number of nitrogens with one attached hydrogen (secondary N) is 2. The molecule has 9 heteroatoms. The molecule has 0 saturated carbocycles. The predicted molar refractivity (Wildman–Crippen MR) is 120 cm³/mol. The standard InChI is InChI=1S/C23H27FN6O2/c1-25-22(31)19-4-2-18(13-26-19)28-10-7-16(8-11-28)29-9-6-15(14-29)20-12-17-3-5-21(24)30(17)23(32)27-20/h2-5,12-13,15-16H,6-11,14H2,1H3,(H,25,31)(H,27,32). The average molecular weight is 439 g/mol. The van der Waals surface area contributed by atoms with Crippen LogP contribution in [0.2, 0.25) is 0 Å². The molecular weight excluding hydrogens is 411 g/mol. The minimum absolute atomic E-state index is 0.179. The van der Waals surface area contributed by atoms with Gasteiger partial charge in [-0.15, -0.1) is 0 Å². The van der Waals surface area contributed by atoms with Crippen molar-refractivity contribution in [3.63, 3.8) is 0 Å². The number of halogens is 1. The number of aromatic amines is 1. The summed E-state index contributed by atoms with van der Waals surface area (Å²) in [4.78, 5) is 36.0. The molecule has 5 rings (SSSR count). The van der Waals surface area contributed by atoms with Crippen LogP contribution in [0.4, 0.5) is 10.1 Å². The van der Waals surface area contributed by atoms with Crippen molar-refractivity contribution in [1.29, 1.82) is 0 Å². The van der Waals surface area contributed by atoms with Gasteiger partial charge < -0.3 is 15.2 Å². The number of pyridine rings is 1. The molecule has 2 aliphatic rings. The SMILES string of the molecule is CNC(=O)c1ccc(N2CCC(N3CCC(c4cc5ccc(F)n5c(=O)[nH]4)C3)CC2)cn1. The molecule has 1 unspecified atom stereocenters. The molecule has 2 aliphatic heterocycles. The minimum Gasteiger partial charge on any atom is -0.370 e. The molecule has 3 aromatic heterocycles. The highest BCUT2D eigenvalue weighted by molar-refractivity contribution is 5.92. The van der Waals surface area contributed by atoms with Crippen LogP contribution >= 0.6 is 0 Å². The third-order valence-corrected chi connectivity index (χ3v) is 6.83. The summed E-state index contributed by atoms with van der Waals surface area (Å²) < 4.78 is 14.8. The molecule has 1 atom stereocenters. The first-order valence-corrected chi connectivity index (χ1v) is 11.1. The molecule has 168 valence electrons. The Labute approximate surface area is 185 Å². The summed E-state index contributed by atoms with van der Waals surface area (Å²) in [7, 11) is 1.60. The van der Waals surface area contributed by atoms with Crippen molar-refractivity contribution in [2.45, 2.75) is 31.2 Å².